The highest BCUT2D eigenvalue weighted by atomic mass is 35.5. The summed E-state index contributed by atoms with van der Waals surface area (Å²) >= 11 is 6.15. The first-order valence-corrected chi connectivity index (χ1v) is 11.3. The number of amides is 2. The van der Waals surface area contributed by atoms with Crippen LogP contribution in [0.4, 0.5) is 16.3 Å². The van der Waals surface area contributed by atoms with Crippen LogP contribution in [0.5, 0.6) is 5.88 Å². The molecule has 0 aliphatic heterocycles. The smallest absolute Gasteiger partial charge is 0.415 e. The third-order valence-electron chi connectivity index (χ3n) is 4.76. The van der Waals surface area contributed by atoms with Crippen molar-refractivity contribution in [3.8, 4) is 5.88 Å². The van der Waals surface area contributed by atoms with E-state index in [0.717, 1.165) is 0 Å². The van der Waals surface area contributed by atoms with E-state index in [1.807, 2.05) is 0 Å². The molecule has 0 aromatic carbocycles. The van der Waals surface area contributed by atoms with Gasteiger partial charge in [-0.05, 0) is 20.8 Å². The molecule has 3 heterocycles. The lowest BCUT2D eigenvalue weighted by Gasteiger charge is -2.24. The van der Waals surface area contributed by atoms with Crippen molar-refractivity contribution in [1.82, 2.24) is 24.9 Å². The van der Waals surface area contributed by atoms with Gasteiger partial charge in [-0.3, -0.25) is 19.8 Å². The third-order valence-corrected chi connectivity index (χ3v) is 4.95. The first kappa shape index (κ1) is 27.5. The van der Waals surface area contributed by atoms with Gasteiger partial charge in [0.25, 0.3) is 11.8 Å². The van der Waals surface area contributed by atoms with E-state index in [0.29, 0.717) is 5.56 Å². The van der Waals surface area contributed by atoms with E-state index in [9.17, 15) is 19.7 Å². The number of halogens is 1. The molecule has 1 N–H and O–H groups in total. The van der Waals surface area contributed by atoms with Crippen LogP contribution in [0.25, 0.3) is 5.65 Å². The number of hydrogen-bond donors (Lipinski definition) is 1. The van der Waals surface area contributed by atoms with E-state index in [4.69, 9.17) is 25.8 Å². The second-order valence-corrected chi connectivity index (χ2v) is 9.09. The van der Waals surface area contributed by atoms with Gasteiger partial charge < -0.3 is 19.5 Å². The molecule has 0 unspecified atom stereocenters. The number of pyridine rings is 1. The van der Waals surface area contributed by atoms with Gasteiger partial charge in [0.15, 0.2) is 5.65 Å². The highest BCUT2D eigenvalue weighted by Gasteiger charge is 2.25. The molecule has 3 aromatic heterocycles. The van der Waals surface area contributed by atoms with Gasteiger partial charge in [0.2, 0.25) is 0 Å². The quantitative estimate of drug-likeness (QED) is 0.186. The maximum absolute atomic E-state index is 12.7. The van der Waals surface area contributed by atoms with Crippen LogP contribution in [-0.4, -0.2) is 69.4 Å². The molecular weight excluding hydrogens is 510 g/mol. The van der Waals surface area contributed by atoms with Crippen molar-refractivity contribution in [3.05, 3.63) is 50.9 Å². The molecular formula is C22H26ClN7O7. The normalized spacial score (nSPS) is 11.3. The van der Waals surface area contributed by atoms with Crippen molar-refractivity contribution in [3.63, 3.8) is 0 Å². The summed E-state index contributed by atoms with van der Waals surface area (Å²) in [5.74, 6) is -0.321. The molecule has 0 bridgehead atoms. The van der Waals surface area contributed by atoms with Crippen LogP contribution in [0.1, 0.15) is 36.7 Å². The standard InChI is InChI=1S/C22H26ClN7O7/c1-22(2,3)37-21(32)28(4)17-9-16(23)27-18-14(11-26-29(17)18)19(31)24-6-7-36-12-13-8-15(30(33)34)20(35-5)25-10-13/h8-11H,6-7,12H2,1-5H3,(H,24,31). The van der Waals surface area contributed by atoms with E-state index in [2.05, 4.69) is 20.4 Å². The number of nitro groups is 1. The average Bonchev–Trinajstić information content (AvgIpc) is 3.25. The molecule has 0 spiro atoms. The van der Waals surface area contributed by atoms with Crippen LogP contribution in [0.15, 0.2) is 24.5 Å². The number of carbonyl (C=O) groups excluding carboxylic acids is 2. The van der Waals surface area contributed by atoms with E-state index >= 15 is 0 Å². The van der Waals surface area contributed by atoms with Crippen LogP contribution in [0.3, 0.4) is 0 Å². The first-order valence-electron chi connectivity index (χ1n) is 11.0. The Hall–Kier alpha value is -4.04. The van der Waals surface area contributed by atoms with Crippen molar-refractivity contribution in [1.29, 1.82) is 0 Å². The number of nitrogens with one attached hydrogen (secondary N) is 1. The van der Waals surface area contributed by atoms with Crippen LogP contribution < -0.4 is 15.0 Å². The molecule has 2 amide bonds. The van der Waals surface area contributed by atoms with Gasteiger partial charge in [-0.2, -0.15) is 9.61 Å². The van der Waals surface area contributed by atoms with E-state index in [1.54, 1.807) is 20.8 Å². The van der Waals surface area contributed by atoms with Crippen LogP contribution in [0, 0.1) is 10.1 Å². The Bertz CT molecular complexity index is 1320. The Morgan fingerprint density at radius 3 is 2.65 bits per heavy atom. The number of hydrogen-bond acceptors (Lipinski definition) is 10. The molecule has 0 radical (unpaired) electrons. The molecule has 37 heavy (non-hydrogen) atoms. The fourth-order valence-electron chi connectivity index (χ4n) is 3.11. The zero-order chi connectivity index (χ0) is 27.3. The lowest BCUT2D eigenvalue weighted by molar-refractivity contribution is -0.386. The summed E-state index contributed by atoms with van der Waals surface area (Å²) in [6.07, 6.45) is 2.08. The number of carbonyl (C=O) groups is 2. The zero-order valence-electron chi connectivity index (χ0n) is 20.8. The predicted molar refractivity (Wildman–Crippen MR) is 132 cm³/mol. The molecule has 14 nitrogen and oxygen atoms in total. The SMILES string of the molecule is COc1ncc(COCCNC(=O)c2cnn3c(N(C)C(=O)OC(C)(C)C)cc(Cl)nc23)cc1[N+](=O)[O-]. The van der Waals surface area contributed by atoms with Crippen LogP contribution >= 0.6 is 11.6 Å². The summed E-state index contributed by atoms with van der Waals surface area (Å²) < 4.78 is 17.0. The van der Waals surface area contributed by atoms with Gasteiger partial charge in [0.05, 0.1) is 31.4 Å². The second-order valence-electron chi connectivity index (χ2n) is 8.71. The monoisotopic (exact) mass is 535 g/mol. The van der Waals surface area contributed by atoms with Gasteiger partial charge in [0, 0.05) is 37.5 Å². The second kappa shape index (κ2) is 11.3. The summed E-state index contributed by atoms with van der Waals surface area (Å²) in [5, 5.41) is 18.0. The molecule has 0 aliphatic rings. The minimum atomic E-state index is -0.711. The predicted octanol–water partition coefficient (Wildman–Crippen LogP) is 3.01. The molecule has 0 fully saturated rings. The van der Waals surface area contributed by atoms with Crippen molar-refractivity contribution in [2.45, 2.75) is 33.0 Å². The summed E-state index contributed by atoms with van der Waals surface area (Å²) in [6.45, 7) is 5.52. The summed E-state index contributed by atoms with van der Waals surface area (Å²) in [7, 11) is 2.78. The number of rotatable bonds is 9. The van der Waals surface area contributed by atoms with Gasteiger partial charge in [-0.25, -0.2) is 14.8 Å². The van der Waals surface area contributed by atoms with Gasteiger partial charge in [0.1, 0.15) is 22.1 Å². The van der Waals surface area contributed by atoms with E-state index in [1.165, 1.54) is 48.1 Å². The zero-order valence-corrected chi connectivity index (χ0v) is 21.6. The lowest BCUT2D eigenvalue weighted by atomic mass is 10.2. The van der Waals surface area contributed by atoms with Crippen LogP contribution in [-0.2, 0) is 16.1 Å². The Labute approximate surface area is 216 Å². The Kier molecular flexibility index (Phi) is 8.45. The molecule has 0 atom stereocenters. The molecule has 3 rings (SSSR count). The maximum atomic E-state index is 12.7. The average molecular weight is 536 g/mol. The molecule has 0 saturated heterocycles. The topological polar surface area (TPSA) is 163 Å². The van der Waals surface area contributed by atoms with Crippen molar-refractivity contribution < 1.29 is 28.7 Å². The summed E-state index contributed by atoms with van der Waals surface area (Å²) in [4.78, 5) is 45.1. The number of ether oxygens (including phenoxy) is 3. The molecule has 198 valence electrons. The van der Waals surface area contributed by atoms with Crippen molar-refractivity contribution in [2.24, 2.45) is 0 Å². The van der Waals surface area contributed by atoms with Gasteiger partial charge in [-0.1, -0.05) is 11.6 Å². The summed E-state index contributed by atoms with van der Waals surface area (Å²) in [5.41, 5.74) is -0.226. The summed E-state index contributed by atoms with van der Waals surface area (Å²) in [6, 6.07) is 2.74. The Balaban J connectivity index is 1.63. The lowest BCUT2D eigenvalue weighted by Crippen LogP contribution is -2.35. The van der Waals surface area contributed by atoms with Crippen LogP contribution in [0.2, 0.25) is 5.15 Å². The highest BCUT2D eigenvalue weighted by molar-refractivity contribution is 6.30. The maximum Gasteiger partial charge on any atom is 0.415 e. The molecule has 3 aromatic rings. The third kappa shape index (κ3) is 6.80. The molecule has 0 aliphatic carbocycles. The minimum Gasteiger partial charge on any atom is -0.476 e. The van der Waals surface area contributed by atoms with Gasteiger partial charge >= 0.3 is 11.8 Å². The molecule has 0 saturated carbocycles. The highest BCUT2D eigenvalue weighted by Crippen LogP contribution is 2.25. The number of anilines is 1. The largest absolute Gasteiger partial charge is 0.476 e. The number of methoxy groups -OCH3 is 1. The Morgan fingerprint density at radius 2 is 2.00 bits per heavy atom. The molecule has 15 heteroatoms. The van der Waals surface area contributed by atoms with E-state index < -0.39 is 22.5 Å². The fourth-order valence-corrected chi connectivity index (χ4v) is 3.29. The fraction of sp³-hybridized carbons (Fsp3) is 0.409. The van der Waals surface area contributed by atoms with Crippen molar-refractivity contribution >= 4 is 40.8 Å². The Morgan fingerprint density at radius 1 is 1.27 bits per heavy atom. The van der Waals surface area contributed by atoms with Crippen molar-refractivity contribution in [2.75, 3.05) is 32.2 Å². The minimum absolute atomic E-state index is 0.0436. The first-order chi connectivity index (χ1) is 17.4. The van der Waals surface area contributed by atoms with E-state index in [-0.39, 0.29) is 53.5 Å². The van der Waals surface area contributed by atoms with Gasteiger partial charge in [-0.15, -0.1) is 0 Å². The number of fused-ring (bicyclic) bond motifs is 1. The number of nitrogens with zero attached hydrogens (tertiary/aromatic N) is 6. The number of aromatic nitrogens is 4.